The molecule has 4 nitrogen and oxygen atoms in total. The Labute approximate surface area is 120 Å². The third kappa shape index (κ3) is 4.06. The summed E-state index contributed by atoms with van der Waals surface area (Å²) in [6.07, 6.45) is 10.3. The summed E-state index contributed by atoms with van der Waals surface area (Å²) in [5, 5.41) is 12.0. The molecule has 2 aliphatic carbocycles. The van der Waals surface area contributed by atoms with Crippen molar-refractivity contribution in [2.45, 2.75) is 70.3 Å². The number of Topliss-reactive ketones (excluding diaryl/α,β-unsaturated/α-hetero) is 1. The molecule has 0 aliphatic heterocycles. The number of nitriles is 1. The first kappa shape index (κ1) is 15.0. The van der Waals surface area contributed by atoms with E-state index in [1.54, 1.807) is 0 Å². The van der Waals surface area contributed by atoms with Crippen LogP contribution in [0.4, 0.5) is 0 Å². The predicted octanol–water partition coefficient (Wildman–Crippen LogP) is 2.72. The van der Waals surface area contributed by atoms with Crippen LogP contribution in [0, 0.1) is 23.2 Å². The maximum atomic E-state index is 12.1. The van der Waals surface area contributed by atoms with E-state index in [4.69, 9.17) is 5.26 Å². The summed E-state index contributed by atoms with van der Waals surface area (Å²) in [7, 11) is 0. The molecule has 4 heteroatoms. The molecule has 0 bridgehead atoms. The van der Waals surface area contributed by atoms with Crippen molar-refractivity contribution in [3.8, 4) is 6.07 Å². The zero-order valence-corrected chi connectivity index (χ0v) is 12.1. The molecule has 2 aliphatic rings. The van der Waals surface area contributed by atoms with E-state index in [1.807, 2.05) is 6.07 Å². The van der Waals surface area contributed by atoms with E-state index < -0.39 is 5.92 Å². The highest BCUT2D eigenvalue weighted by Crippen LogP contribution is 2.28. The highest BCUT2D eigenvalue weighted by Gasteiger charge is 2.30. The summed E-state index contributed by atoms with van der Waals surface area (Å²) in [5.74, 6) is -1.27. The molecule has 2 fully saturated rings. The maximum absolute atomic E-state index is 12.1. The number of amides is 1. The Bertz CT molecular complexity index is 388. The minimum absolute atomic E-state index is 0.159. The van der Waals surface area contributed by atoms with Gasteiger partial charge in [0.15, 0.2) is 11.7 Å². The number of rotatable bonds is 5. The third-order valence-corrected chi connectivity index (χ3v) is 4.63. The number of nitrogens with one attached hydrogen (secondary N) is 1. The molecule has 0 aromatic heterocycles. The minimum atomic E-state index is -1.10. The molecule has 1 unspecified atom stereocenters. The molecule has 0 spiro atoms. The van der Waals surface area contributed by atoms with Crippen LogP contribution in [0.25, 0.3) is 0 Å². The fourth-order valence-electron chi connectivity index (χ4n) is 3.43. The van der Waals surface area contributed by atoms with Gasteiger partial charge < -0.3 is 5.32 Å². The normalized spacial score (nSPS) is 22.1. The Balaban J connectivity index is 1.84. The van der Waals surface area contributed by atoms with E-state index in [-0.39, 0.29) is 17.7 Å². The van der Waals surface area contributed by atoms with Gasteiger partial charge in [0.2, 0.25) is 5.91 Å². The number of hydrogen-bond donors (Lipinski definition) is 1. The van der Waals surface area contributed by atoms with Crippen molar-refractivity contribution in [1.82, 2.24) is 5.32 Å². The van der Waals surface area contributed by atoms with Gasteiger partial charge in [0.1, 0.15) is 0 Å². The quantitative estimate of drug-likeness (QED) is 0.785. The highest BCUT2D eigenvalue weighted by molar-refractivity contribution is 6.04. The molecular weight excluding hydrogens is 252 g/mol. The topological polar surface area (TPSA) is 70.0 Å². The molecule has 2 rings (SSSR count). The van der Waals surface area contributed by atoms with E-state index >= 15 is 0 Å². The van der Waals surface area contributed by atoms with Crippen molar-refractivity contribution < 1.29 is 9.59 Å². The SMILES string of the molecule is N#CC(C(=O)CC1CCCC1)C(=O)NC1CCCCC1. The summed E-state index contributed by atoms with van der Waals surface area (Å²) in [6.45, 7) is 0. The van der Waals surface area contributed by atoms with Crippen molar-refractivity contribution in [3.63, 3.8) is 0 Å². The van der Waals surface area contributed by atoms with Gasteiger partial charge >= 0.3 is 0 Å². The van der Waals surface area contributed by atoms with E-state index in [2.05, 4.69) is 5.32 Å². The number of ketones is 1. The molecule has 0 aromatic carbocycles. The fourth-order valence-corrected chi connectivity index (χ4v) is 3.43. The van der Waals surface area contributed by atoms with Crippen molar-refractivity contribution in [2.24, 2.45) is 11.8 Å². The van der Waals surface area contributed by atoms with Gasteiger partial charge in [0.25, 0.3) is 0 Å². The Kier molecular flexibility index (Phi) is 5.58. The van der Waals surface area contributed by atoms with E-state index in [0.29, 0.717) is 12.3 Å². The Morgan fingerprint density at radius 2 is 1.65 bits per heavy atom. The molecule has 0 saturated heterocycles. The van der Waals surface area contributed by atoms with Gasteiger partial charge in [-0.1, -0.05) is 44.9 Å². The summed E-state index contributed by atoms with van der Waals surface area (Å²) < 4.78 is 0. The largest absolute Gasteiger partial charge is 0.352 e. The van der Waals surface area contributed by atoms with Crippen LogP contribution in [0.1, 0.15) is 64.2 Å². The summed E-state index contributed by atoms with van der Waals surface area (Å²) in [5.41, 5.74) is 0. The molecular formula is C16H24N2O2. The van der Waals surface area contributed by atoms with E-state index in [9.17, 15) is 9.59 Å². The molecule has 0 radical (unpaired) electrons. The zero-order chi connectivity index (χ0) is 14.4. The van der Waals surface area contributed by atoms with Crippen molar-refractivity contribution in [2.75, 3.05) is 0 Å². The van der Waals surface area contributed by atoms with Crippen LogP contribution in [0.15, 0.2) is 0 Å². The first-order valence-corrected chi connectivity index (χ1v) is 7.93. The standard InChI is InChI=1S/C16H24N2O2/c17-11-14(15(19)10-12-6-4-5-7-12)16(20)18-13-8-2-1-3-9-13/h12-14H,1-10H2,(H,18,20). The van der Waals surface area contributed by atoms with Crippen LogP contribution in [0.3, 0.4) is 0 Å². The second-order valence-electron chi connectivity index (χ2n) is 6.23. The summed E-state index contributed by atoms with van der Waals surface area (Å²) >= 11 is 0. The van der Waals surface area contributed by atoms with Crippen molar-refractivity contribution in [3.05, 3.63) is 0 Å². The molecule has 1 atom stereocenters. The lowest BCUT2D eigenvalue weighted by molar-refractivity contribution is -0.132. The van der Waals surface area contributed by atoms with Gasteiger partial charge in [0, 0.05) is 12.5 Å². The summed E-state index contributed by atoms with van der Waals surface area (Å²) in [6, 6.07) is 2.06. The van der Waals surface area contributed by atoms with Gasteiger partial charge in [-0.05, 0) is 18.8 Å². The van der Waals surface area contributed by atoms with Crippen LogP contribution in [0.2, 0.25) is 0 Å². The van der Waals surface area contributed by atoms with Crippen LogP contribution >= 0.6 is 0 Å². The van der Waals surface area contributed by atoms with Gasteiger partial charge in [-0.2, -0.15) is 5.26 Å². The first-order valence-electron chi connectivity index (χ1n) is 7.93. The average Bonchev–Trinajstić information content (AvgIpc) is 2.93. The molecule has 0 heterocycles. The second kappa shape index (κ2) is 7.42. The molecule has 20 heavy (non-hydrogen) atoms. The van der Waals surface area contributed by atoms with Crippen LogP contribution in [-0.4, -0.2) is 17.7 Å². The lowest BCUT2D eigenvalue weighted by atomic mass is 9.92. The number of hydrogen-bond acceptors (Lipinski definition) is 3. The molecule has 1 amide bonds. The zero-order valence-electron chi connectivity index (χ0n) is 12.1. The van der Waals surface area contributed by atoms with Gasteiger partial charge in [-0.25, -0.2) is 0 Å². The lowest BCUT2D eigenvalue weighted by Crippen LogP contribution is -2.42. The van der Waals surface area contributed by atoms with Crippen LogP contribution in [0.5, 0.6) is 0 Å². The number of carbonyl (C=O) groups is 2. The smallest absolute Gasteiger partial charge is 0.245 e. The Morgan fingerprint density at radius 1 is 1.05 bits per heavy atom. The van der Waals surface area contributed by atoms with E-state index in [0.717, 1.165) is 38.5 Å². The van der Waals surface area contributed by atoms with Gasteiger partial charge in [0.05, 0.1) is 6.07 Å². The predicted molar refractivity (Wildman–Crippen MR) is 75.7 cm³/mol. The van der Waals surface area contributed by atoms with Crippen LogP contribution < -0.4 is 5.32 Å². The Hall–Kier alpha value is -1.37. The van der Waals surface area contributed by atoms with Gasteiger partial charge in [-0.15, -0.1) is 0 Å². The monoisotopic (exact) mass is 276 g/mol. The third-order valence-electron chi connectivity index (χ3n) is 4.63. The molecule has 110 valence electrons. The van der Waals surface area contributed by atoms with Crippen molar-refractivity contribution >= 4 is 11.7 Å². The Morgan fingerprint density at radius 3 is 2.25 bits per heavy atom. The van der Waals surface area contributed by atoms with Crippen molar-refractivity contribution in [1.29, 1.82) is 5.26 Å². The fraction of sp³-hybridized carbons (Fsp3) is 0.812. The maximum Gasteiger partial charge on any atom is 0.245 e. The first-order chi connectivity index (χ1) is 9.70. The molecule has 2 saturated carbocycles. The second-order valence-corrected chi connectivity index (χ2v) is 6.23. The number of carbonyl (C=O) groups excluding carboxylic acids is 2. The lowest BCUT2D eigenvalue weighted by Gasteiger charge is -2.23. The highest BCUT2D eigenvalue weighted by atomic mass is 16.2. The molecule has 1 N–H and O–H groups in total. The molecule has 0 aromatic rings. The number of nitrogens with zero attached hydrogens (tertiary/aromatic N) is 1. The summed E-state index contributed by atoms with van der Waals surface area (Å²) in [4.78, 5) is 24.2. The van der Waals surface area contributed by atoms with Crippen LogP contribution in [-0.2, 0) is 9.59 Å². The van der Waals surface area contributed by atoms with E-state index in [1.165, 1.54) is 19.3 Å². The minimum Gasteiger partial charge on any atom is -0.352 e. The van der Waals surface area contributed by atoms with Gasteiger partial charge in [-0.3, -0.25) is 9.59 Å². The average molecular weight is 276 g/mol.